The lowest BCUT2D eigenvalue weighted by Gasteiger charge is -2.30. The fraction of sp³-hybridized carbons (Fsp3) is 0.533. The highest BCUT2D eigenvalue weighted by Crippen LogP contribution is 2.46. The summed E-state index contributed by atoms with van der Waals surface area (Å²) in [6.45, 7) is 8.37. The number of methoxy groups -OCH3 is 1. The Morgan fingerprint density at radius 3 is 2.24 bits per heavy atom. The first-order valence-electron chi connectivity index (χ1n) is 13.5. The molecule has 0 aliphatic carbocycles. The Kier molecular flexibility index (Phi) is 10.9. The van der Waals surface area contributed by atoms with Crippen molar-refractivity contribution in [2.24, 2.45) is 5.92 Å². The Bertz CT molecular complexity index is 1000. The van der Waals surface area contributed by atoms with Gasteiger partial charge in [-0.3, -0.25) is 14.5 Å². The first-order valence-corrected chi connectivity index (χ1v) is 13.5. The minimum Gasteiger partial charge on any atom is -0.497 e. The van der Waals surface area contributed by atoms with Crippen LogP contribution in [0.5, 0.6) is 5.75 Å². The average Bonchev–Trinajstić information content (AvgIpc) is 3.28. The van der Waals surface area contributed by atoms with Gasteiger partial charge in [-0.1, -0.05) is 51.0 Å². The van der Waals surface area contributed by atoms with Crippen molar-refractivity contribution in [2.75, 3.05) is 39.9 Å². The van der Waals surface area contributed by atoms with E-state index in [1.165, 1.54) is 12.1 Å². The maximum atomic E-state index is 14.2. The largest absolute Gasteiger partial charge is 0.497 e. The summed E-state index contributed by atoms with van der Waals surface area (Å²) in [5, 5.41) is 0. The van der Waals surface area contributed by atoms with Gasteiger partial charge in [0.2, 0.25) is 5.91 Å². The number of ether oxygens (including phenoxy) is 2. The van der Waals surface area contributed by atoms with Crippen LogP contribution < -0.4 is 4.74 Å². The lowest BCUT2D eigenvalue weighted by molar-refractivity contribution is -0.150. The van der Waals surface area contributed by atoms with Crippen LogP contribution >= 0.6 is 0 Å². The third-order valence-electron chi connectivity index (χ3n) is 7.15. The number of hydrogen-bond donors (Lipinski definition) is 0. The summed E-state index contributed by atoms with van der Waals surface area (Å²) in [5.74, 6) is -0.800. The van der Waals surface area contributed by atoms with Crippen LogP contribution in [0.4, 0.5) is 4.39 Å². The summed E-state index contributed by atoms with van der Waals surface area (Å²) in [5.41, 5.74) is 1.64. The van der Waals surface area contributed by atoms with Gasteiger partial charge in [-0.05, 0) is 55.2 Å². The highest BCUT2D eigenvalue weighted by molar-refractivity contribution is 5.79. The van der Waals surface area contributed by atoms with Gasteiger partial charge in [-0.2, -0.15) is 0 Å². The minimum atomic E-state index is -0.581. The Morgan fingerprint density at radius 2 is 1.68 bits per heavy atom. The maximum absolute atomic E-state index is 14.2. The highest BCUT2D eigenvalue weighted by atomic mass is 19.1. The summed E-state index contributed by atoms with van der Waals surface area (Å²) in [4.78, 5) is 31.0. The van der Waals surface area contributed by atoms with Crippen LogP contribution in [0.1, 0.15) is 69.5 Å². The molecule has 37 heavy (non-hydrogen) atoms. The second-order valence-corrected chi connectivity index (χ2v) is 9.67. The number of carbonyl (C=O) groups excluding carboxylic acids is 2. The first-order chi connectivity index (χ1) is 17.9. The van der Waals surface area contributed by atoms with Crippen molar-refractivity contribution in [3.8, 4) is 5.75 Å². The first kappa shape index (κ1) is 28.6. The number of amides is 1. The molecule has 0 N–H and O–H groups in total. The second kappa shape index (κ2) is 14.1. The van der Waals surface area contributed by atoms with Crippen LogP contribution in [0.3, 0.4) is 0 Å². The van der Waals surface area contributed by atoms with Crippen molar-refractivity contribution in [3.05, 3.63) is 65.5 Å². The van der Waals surface area contributed by atoms with Gasteiger partial charge in [0.15, 0.2) is 0 Å². The van der Waals surface area contributed by atoms with Gasteiger partial charge in [0.1, 0.15) is 11.6 Å². The van der Waals surface area contributed by atoms with Crippen LogP contribution in [0.15, 0.2) is 48.5 Å². The fourth-order valence-corrected chi connectivity index (χ4v) is 5.22. The predicted octanol–water partition coefficient (Wildman–Crippen LogP) is 5.58. The van der Waals surface area contributed by atoms with Gasteiger partial charge in [0, 0.05) is 31.6 Å². The third kappa shape index (κ3) is 7.31. The molecule has 1 heterocycles. The molecule has 1 amide bonds. The molecule has 0 unspecified atom stereocenters. The molecule has 7 heteroatoms. The molecule has 1 aliphatic rings. The molecule has 1 fully saturated rings. The van der Waals surface area contributed by atoms with Crippen molar-refractivity contribution in [3.63, 3.8) is 0 Å². The highest BCUT2D eigenvalue weighted by Gasteiger charge is 2.48. The van der Waals surface area contributed by atoms with Gasteiger partial charge >= 0.3 is 5.97 Å². The molecule has 3 rings (SSSR count). The summed E-state index contributed by atoms with van der Waals surface area (Å²) in [6.07, 6.45) is 3.94. The molecule has 3 atom stereocenters. The minimum absolute atomic E-state index is 0.0583. The molecule has 1 saturated heterocycles. The molecule has 0 spiro atoms. The van der Waals surface area contributed by atoms with Gasteiger partial charge < -0.3 is 14.4 Å². The van der Waals surface area contributed by atoms with Crippen molar-refractivity contribution in [1.82, 2.24) is 9.80 Å². The molecule has 202 valence electrons. The molecule has 0 saturated carbocycles. The smallest absolute Gasteiger partial charge is 0.311 e. The molecular weight excluding hydrogens is 471 g/mol. The standard InChI is InChI=1S/C30H41FN2O4/c1-5-8-17-32(18-9-6-2)27(34)21-33-20-26(23-11-10-12-24(31)19-23)28(30(35)37-7-3)29(33)22-13-15-25(36-4)16-14-22/h10-16,19,26,28-29H,5-9,17-18,20-21H2,1-4H3/t26-,28-,29+/m1/s1. The van der Waals surface area contributed by atoms with Gasteiger partial charge in [0.25, 0.3) is 0 Å². The Hall–Kier alpha value is -2.93. The zero-order valence-electron chi connectivity index (χ0n) is 22.6. The van der Waals surface area contributed by atoms with E-state index in [2.05, 4.69) is 18.7 Å². The number of carbonyl (C=O) groups is 2. The van der Waals surface area contributed by atoms with E-state index >= 15 is 0 Å². The van der Waals surface area contributed by atoms with Crippen LogP contribution in [-0.4, -0.2) is 61.6 Å². The maximum Gasteiger partial charge on any atom is 0.311 e. The van der Waals surface area contributed by atoms with Crippen LogP contribution in [0, 0.1) is 11.7 Å². The summed E-state index contributed by atoms with van der Waals surface area (Å²) < 4.78 is 25.1. The normalized spacial score (nSPS) is 19.5. The van der Waals surface area contributed by atoms with Gasteiger partial charge in [-0.15, -0.1) is 0 Å². The SMILES string of the molecule is CCCCN(CCCC)C(=O)CN1C[C@H](c2cccc(F)c2)[C@@H](C(=O)OCC)[C@@H]1c1ccc(OC)cc1. The van der Waals surface area contributed by atoms with E-state index in [4.69, 9.17) is 9.47 Å². The number of benzene rings is 2. The van der Waals surface area contributed by atoms with Crippen molar-refractivity contribution in [2.45, 2.75) is 58.4 Å². The van der Waals surface area contributed by atoms with E-state index in [0.29, 0.717) is 12.3 Å². The lowest BCUT2D eigenvalue weighted by atomic mass is 9.82. The molecule has 6 nitrogen and oxygen atoms in total. The van der Waals surface area contributed by atoms with Crippen LogP contribution in [0.25, 0.3) is 0 Å². The topological polar surface area (TPSA) is 59.1 Å². The number of rotatable bonds is 13. The predicted molar refractivity (Wildman–Crippen MR) is 143 cm³/mol. The van der Waals surface area contributed by atoms with E-state index in [1.807, 2.05) is 35.2 Å². The van der Waals surface area contributed by atoms with Gasteiger partial charge in [0.05, 0.1) is 26.2 Å². The number of likely N-dealkylation sites (tertiary alicyclic amines) is 1. The molecule has 0 radical (unpaired) electrons. The molecule has 0 aromatic heterocycles. The van der Waals surface area contributed by atoms with Crippen molar-refractivity contribution < 1.29 is 23.5 Å². The Labute approximate surface area is 220 Å². The summed E-state index contributed by atoms with van der Waals surface area (Å²) in [7, 11) is 1.61. The average molecular weight is 513 g/mol. The lowest BCUT2D eigenvalue weighted by Crippen LogP contribution is -2.42. The number of hydrogen-bond acceptors (Lipinski definition) is 5. The van der Waals surface area contributed by atoms with E-state index < -0.39 is 5.92 Å². The van der Waals surface area contributed by atoms with E-state index in [1.54, 1.807) is 20.1 Å². The van der Waals surface area contributed by atoms with E-state index in [0.717, 1.165) is 49.9 Å². The number of unbranched alkanes of at least 4 members (excludes halogenated alkanes) is 2. The fourth-order valence-electron chi connectivity index (χ4n) is 5.22. The van der Waals surface area contributed by atoms with Crippen LogP contribution in [0.2, 0.25) is 0 Å². The zero-order chi connectivity index (χ0) is 26.8. The quantitative estimate of drug-likeness (QED) is 0.328. The Morgan fingerprint density at radius 1 is 1.00 bits per heavy atom. The second-order valence-electron chi connectivity index (χ2n) is 9.67. The van der Waals surface area contributed by atoms with E-state index in [9.17, 15) is 14.0 Å². The number of esters is 1. The molecule has 2 aromatic carbocycles. The van der Waals surface area contributed by atoms with Crippen molar-refractivity contribution >= 4 is 11.9 Å². The Balaban J connectivity index is 2.01. The molecule has 0 bridgehead atoms. The summed E-state index contributed by atoms with van der Waals surface area (Å²) in [6, 6.07) is 13.6. The monoisotopic (exact) mass is 512 g/mol. The molecule has 1 aliphatic heterocycles. The third-order valence-corrected chi connectivity index (χ3v) is 7.15. The number of nitrogens with zero attached hydrogens (tertiary/aromatic N) is 2. The van der Waals surface area contributed by atoms with Gasteiger partial charge in [-0.25, -0.2) is 4.39 Å². The van der Waals surface area contributed by atoms with Crippen LogP contribution in [-0.2, 0) is 14.3 Å². The van der Waals surface area contributed by atoms with E-state index in [-0.39, 0.29) is 42.8 Å². The molecule has 2 aromatic rings. The number of halogens is 1. The summed E-state index contributed by atoms with van der Waals surface area (Å²) >= 11 is 0. The molecular formula is C30H41FN2O4. The van der Waals surface area contributed by atoms with Crippen molar-refractivity contribution in [1.29, 1.82) is 0 Å². The zero-order valence-corrected chi connectivity index (χ0v) is 22.6.